The van der Waals surface area contributed by atoms with Crippen LogP contribution in [0.25, 0.3) is 0 Å². The van der Waals surface area contributed by atoms with E-state index < -0.39 is 6.10 Å². The van der Waals surface area contributed by atoms with Gasteiger partial charge in [0.25, 0.3) is 0 Å². The van der Waals surface area contributed by atoms with Gasteiger partial charge in [-0.2, -0.15) is 0 Å². The van der Waals surface area contributed by atoms with Crippen LogP contribution < -0.4 is 9.47 Å². The van der Waals surface area contributed by atoms with Gasteiger partial charge in [-0.3, -0.25) is 4.79 Å². The van der Waals surface area contributed by atoms with Gasteiger partial charge in [0.05, 0.1) is 12.2 Å². The molecule has 1 aliphatic heterocycles. The number of carbonyl (C=O) groups is 1. The average molecular weight is 374 g/mol. The molecule has 0 bridgehead atoms. The van der Waals surface area contributed by atoms with Crippen molar-refractivity contribution in [3.63, 3.8) is 0 Å². The Labute approximate surface area is 164 Å². The Kier molecular flexibility index (Phi) is 5.40. The van der Waals surface area contributed by atoms with E-state index in [0.29, 0.717) is 24.5 Å². The van der Waals surface area contributed by atoms with Gasteiger partial charge in [0.15, 0.2) is 11.9 Å². The lowest BCUT2D eigenvalue weighted by atomic mass is 10.0. The SMILES string of the molecule is CCOc1ccc([C@@H]2O[C@H]2C(=O)c2ccccc2OCc2ccccc2)cc1. The lowest BCUT2D eigenvalue weighted by molar-refractivity contribution is 0.0949. The summed E-state index contributed by atoms with van der Waals surface area (Å²) < 4.78 is 17.1. The zero-order valence-corrected chi connectivity index (χ0v) is 15.7. The number of benzene rings is 3. The molecule has 0 unspecified atom stereocenters. The van der Waals surface area contributed by atoms with E-state index in [2.05, 4.69) is 0 Å². The van der Waals surface area contributed by atoms with E-state index in [1.54, 1.807) is 6.07 Å². The Morgan fingerprint density at radius 3 is 2.36 bits per heavy atom. The first kappa shape index (κ1) is 18.3. The number of ether oxygens (including phenoxy) is 3. The average Bonchev–Trinajstić information content (AvgIpc) is 3.54. The van der Waals surface area contributed by atoms with Crippen LogP contribution in [0.5, 0.6) is 11.5 Å². The van der Waals surface area contributed by atoms with Gasteiger partial charge in [-0.15, -0.1) is 0 Å². The second-order valence-corrected chi connectivity index (χ2v) is 6.61. The highest BCUT2D eigenvalue weighted by Gasteiger charge is 2.46. The Bertz CT molecular complexity index is 934. The molecule has 142 valence electrons. The molecule has 28 heavy (non-hydrogen) atoms. The lowest BCUT2D eigenvalue weighted by Crippen LogP contribution is -2.10. The summed E-state index contributed by atoms with van der Waals surface area (Å²) in [7, 11) is 0. The number of hydrogen-bond donors (Lipinski definition) is 0. The van der Waals surface area contributed by atoms with Crippen LogP contribution in [0, 0.1) is 0 Å². The van der Waals surface area contributed by atoms with Crippen LogP contribution in [0.3, 0.4) is 0 Å². The van der Waals surface area contributed by atoms with E-state index >= 15 is 0 Å². The van der Waals surface area contributed by atoms with Crippen molar-refractivity contribution in [3.8, 4) is 11.5 Å². The summed E-state index contributed by atoms with van der Waals surface area (Å²) in [6.45, 7) is 2.99. The van der Waals surface area contributed by atoms with E-state index in [-0.39, 0.29) is 11.9 Å². The molecule has 0 amide bonds. The van der Waals surface area contributed by atoms with Crippen molar-refractivity contribution in [2.75, 3.05) is 6.61 Å². The summed E-state index contributed by atoms with van der Waals surface area (Å²) in [6.07, 6.45) is -0.690. The van der Waals surface area contributed by atoms with Gasteiger partial charge in [-0.05, 0) is 42.3 Å². The van der Waals surface area contributed by atoms with Crippen LogP contribution in [0.1, 0.15) is 34.5 Å². The van der Waals surface area contributed by atoms with Gasteiger partial charge in [0.1, 0.15) is 24.2 Å². The summed E-state index contributed by atoms with van der Waals surface area (Å²) in [4.78, 5) is 13.0. The second-order valence-electron chi connectivity index (χ2n) is 6.61. The van der Waals surface area contributed by atoms with Crippen molar-refractivity contribution >= 4 is 5.78 Å². The number of carbonyl (C=O) groups excluding carboxylic acids is 1. The first-order valence-corrected chi connectivity index (χ1v) is 9.44. The van der Waals surface area contributed by atoms with Crippen molar-refractivity contribution < 1.29 is 19.0 Å². The zero-order valence-electron chi connectivity index (χ0n) is 15.7. The molecular weight excluding hydrogens is 352 g/mol. The molecule has 1 aliphatic rings. The molecule has 0 saturated carbocycles. The van der Waals surface area contributed by atoms with E-state index in [1.807, 2.05) is 79.7 Å². The van der Waals surface area contributed by atoms with E-state index in [9.17, 15) is 4.79 Å². The van der Waals surface area contributed by atoms with Gasteiger partial charge in [-0.25, -0.2) is 0 Å². The Balaban J connectivity index is 1.44. The van der Waals surface area contributed by atoms with Crippen LogP contribution >= 0.6 is 0 Å². The van der Waals surface area contributed by atoms with Crippen molar-refractivity contribution in [1.29, 1.82) is 0 Å². The largest absolute Gasteiger partial charge is 0.494 e. The second kappa shape index (κ2) is 8.28. The summed E-state index contributed by atoms with van der Waals surface area (Å²) in [5.41, 5.74) is 2.58. The molecule has 1 fully saturated rings. The third-order valence-corrected chi connectivity index (χ3v) is 4.66. The normalized spacial score (nSPS) is 17.8. The van der Waals surface area contributed by atoms with Crippen molar-refractivity contribution in [1.82, 2.24) is 0 Å². The van der Waals surface area contributed by atoms with Crippen molar-refractivity contribution in [3.05, 3.63) is 95.6 Å². The maximum Gasteiger partial charge on any atom is 0.198 e. The number of ketones is 1. The highest BCUT2D eigenvalue weighted by molar-refractivity contribution is 6.03. The number of para-hydroxylation sites is 1. The van der Waals surface area contributed by atoms with Crippen LogP contribution in [-0.2, 0) is 11.3 Å². The molecule has 0 N–H and O–H groups in total. The van der Waals surface area contributed by atoms with E-state index in [0.717, 1.165) is 16.9 Å². The van der Waals surface area contributed by atoms with Crippen LogP contribution in [0.15, 0.2) is 78.9 Å². The Morgan fingerprint density at radius 2 is 1.61 bits per heavy atom. The van der Waals surface area contributed by atoms with Crippen molar-refractivity contribution in [2.45, 2.75) is 25.7 Å². The van der Waals surface area contributed by atoms with Crippen LogP contribution in [0.4, 0.5) is 0 Å². The number of epoxide rings is 1. The highest BCUT2D eigenvalue weighted by Crippen LogP contribution is 2.42. The van der Waals surface area contributed by atoms with Gasteiger partial charge < -0.3 is 14.2 Å². The van der Waals surface area contributed by atoms with Gasteiger partial charge in [0.2, 0.25) is 0 Å². The molecular formula is C24H22O4. The van der Waals surface area contributed by atoms with Gasteiger partial charge in [-0.1, -0.05) is 54.6 Å². The first-order valence-electron chi connectivity index (χ1n) is 9.44. The molecule has 1 heterocycles. The van der Waals surface area contributed by atoms with Crippen LogP contribution in [-0.4, -0.2) is 18.5 Å². The molecule has 2 atom stereocenters. The third-order valence-electron chi connectivity index (χ3n) is 4.66. The molecule has 0 aliphatic carbocycles. The minimum absolute atomic E-state index is 0.0532. The third kappa shape index (κ3) is 4.07. The zero-order chi connectivity index (χ0) is 19.3. The molecule has 1 saturated heterocycles. The Hall–Kier alpha value is -3.11. The minimum Gasteiger partial charge on any atom is -0.494 e. The number of rotatable bonds is 8. The standard InChI is InChI=1S/C24H22O4/c1-2-26-19-14-12-18(13-15-19)23-24(28-23)22(25)20-10-6-7-11-21(20)27-16-17-8-4-3-5-9-17/h3-15,23-24H,2,16H2,1H3/t23-,24-/m0/s1. The summed E-state index contributed by atoms with van der Waals surface area (Å²) in [5, 5.41) is 0. The minimum atomic E-state index is -0.473. The number of hydrogen-bond acceptors (Lipinski definition) is 4. The summed E-state index contributed by atoms with van der Waals surface area (Å²) in [6, 6.07) is 24.9. The Morgan fingerprint density at radius 1 is 0.893 bits per heavy atom. The van der Waals surface area contributed by atoms with Gasteiger partial charge in [0, 0.05) is 0 Å². The molecule has 0 spiro atoms. The monoisotopic (exact) mass is 374 g/mol. The molecule has 4 heteroatoms. The van der Waals surface area contributed by atoms with Crippen LogP contribution in [0.2, 0.25) is 0 Å². The predicted octanol–water partition coefficient (Wildman–Crippen LogP) is 4.99. The quantitative estimate of drug-likeness (QED) is 0.412. The maximum atomic E-state index is 13.0. The molecule has 4 nitrogen and oxygen atoms in total. The highest BCUT2D eigenvalue weighted by atomic mass is 16.6. The molecule has 3 aromatic carbocycles. The van der Waals surface area contributed by atoms with E-state index in [1.165, 1.54) is 0 Å². The van der Waals surface area contributed by atoms with Crippen molar-refractivity contribution in [2.24, 2.45) is 0 Å². The topological polar surface area (TPSA) is 48.1 Å². The van der Waals surface area contributed by atoms with Gasteiger partial charge >= 0.3 is 0 Å². The smallest absolute Gasteiger partial charge is 0.198 e. The maximum absolute atomic E-state index is 13.0. The fourth-order valence-corrected chi connectivity index (χ4v) is 3.17. The predicted molar refractivity (Wildman–Crippen MR) is 107 cm³/mol. The summed E-state index contributed by atoms with van der Waals surface area (Å²) in [5.74, 6) is 1.34. The fourth-order valence-electron chi connectivity index (χ4n) is 3.17. The molecule has 4 rings (SSSR count). The fraction of sp³-hybridized carbons (Fsp3) is 0.208. The van der Waals surface area contributed by atoms with E-state index in [4.69, 9.17) is 14.2 Å². The number of Topliss-reactive ketones (excluding diaryl/α,β-unsaturated/α-hetero) is 1. The first-order chi connectivity index (χ1) is 13.8. The molecule has 3 aromatic rings. The lowest BCUT2D eigenvalue weighted by Gasteiger charge is -2.10. The summed E-state index contributed by atoms with van der Waals surface area (Å²) >= 11 is 0. The molecule has 0 radical (unpaired) electrons. The molecule has 0 aromatic heterocycles.